The zero-order chi connectivity index (χ0) is 24.4. The lowest BCUT2D eigenvalue weighted by molar-refractivity contribution is -0.125. The van der Waals surface area contributed by atoms with Crippen molar-refractivity contribution in [3.63, 3.8) is 0 Å². The molecule has 0 aliphatic rings. The highest BCUT2D eigenvalue weighted by molar-refractivity contribution is 7.90. The largest absolute Gasteiger partial charge is 0.435 e. The molecule has 0 saturated carbocycles. The fourth-order valence-corrected chi connectivity index (χ4v) is 4.68. The second kappa shape index (κ2) is 11.7. The van der Waals surface area contributed by atoms with E-state index in [0.717, 1.165) is 0 Å². The molecule has 2 amide bonds. The third kappa shape index (κ3) is 8.01. The molecule has 8 nitrogen and oxygen atoms in total. The van der Waals surface area contributed by atoms with Gasteiger partial charge in [0.2, 0.25) is 11.8 Å². The van der Waals surface area contributed by atoms with Crippen LogP contribution in [0, 0.1) is 17.2 Å². The van der Waals surface area contributed by atoms with Gasteiger partial charge in [0.1, 0.15) is 12.3 Å². The summed E-state index contributed by atoms with van der Waals surface area (Å²) in [6, 6.07) is 15.4. The van der Waals surface area contributed by atoms with Crippen molar-refractivity contribution in [3.05, 3.63) is 71.3 Å². The number of nitrogens with one attached hydrogen (secondary N) is 1. The number of para-hydroxylation sites is 1. The summed E-state index contributed by atoms with van der Waals surface area (Å²) in [6.45, 7) is -3.58. The highest BCUT2D eigenvalue weighted by Gasteiger charge is 2.32. The Balaban J connectivity index is 2.42. The number of nitrogens with two attached hydrogens (primary N) is 1. The molecule has 0 heterocycles. The minimum absolute atomic E-state index is 0.0401. The third-order valence-electron chi connectivity index (χ3n) is 4.42. The van der Waals surface area contributed by atoms with Crippen LogP contribution in [0.1, 0.15) is 11.1 Å². The number of amides is 2. The predicted molar refractivity (Wildman–Crippen MR) is 116 cm³/mol. The lowest BCUT2D eigenvalue weighted by Gasteiger charge is -2.18. The van der Waals surface area contributed by atoms with Gasteiger partial charge in [-0.2, -0.15) is 14.0 Å². The van der Waals surface area contributed by atoms with Crippen molar-refractivity contribution in [2.45, 2.75) is 12.4 Å². The second-order valence-corrected chi connectivity index (χ2v) is 8.95. The molecule has 1 atom stereocenters. The Morgan fingerprint density at radius 1 is 1.12 bits per heavy atom. The smallest absolute Gasteiger partial charge is 0.387 e. The number of benzene rings is 2. The summed E-state index contributed by atoms with van der Waals surface area (Å²) in [4.78, 5) is 24.8. The summed E-state index contributed by atoms with van der Waals surface area (Å²) in [5, 5.41) is 11.0. The van der Waals surface area contributed by atoms with Gasteiger partial charge in [0.05, 0.1) is 23.5 Å². The number of hydrogen-bond donors (Lipinski definition) is 2. The van der Waals surface area contributed by atoms with Crippen molar-refractivity contribution < 1.29 is 31.5 Å². The van der Waals surface area contributed by atoms with Crippen molar-refractivity contribution in [1.82, 2.24) is 5.32 Å². The van der Waals surface area contributed by atoms with Crippen LogP contribution in [-0.4, -0.2) is 39.1 Å². The number of nitriles is 1. The zero-order valence-corrected chi connectivity index (χ0v) is 18.1. The summed E-state index contributed by atoms with van der Waals surface area (Å²) in [7, 11) is -4.15. The number of halogens is 2. The van der Waals surface area contributed by atoms with Gasteiger partial charge in [0.15, 0.2) is 9.84 Å². The molecule has 2 aromatic rings. The SMILES string of the molecule is N#CCNC(=O)[C@H](CS(=O)(=O)Cc1ccccc1OC(F)F)C(=Cc1ccccc1)C(N)=O. The Morgan fingerprint density at radius 2 is 1.76 bits per heavy atom. The monoisotopic (exact) mass is 477 g/mol. The van der Waals surface area contributed by atoms with Gasteiger partial charge < -0.3 is 15.8 Å². The molecule has 174 valence electrons. The first-order valence-corrected chi connectivity index (χ1v) is 11.4. The summed E-state index contributed by atoms with van der Waals surface area (Å²) >= 11 is 0. The highest BCUT2D eigenvalue weighted by Crippen LogP contribution is 2.25. The topological polar surface area (TPSA) is 139 Å². The number of alkyl halides is 2. The van der Waals surface area contributed by atoms with E-state index in [0.29, 0.717) is 5.56 Å². The van der Waals surface area contributed by atoms with Gasteiger partial charge in [-0.1, -0.05) is 48.5 Å². The molecule has 3 N–H and O–H groups in total. The van der Waals surface area contributed by atoms with E-state index in [-0.39, 0.29) is 16.9 Å². The van der Waals surface area contributed by atoms with E-state index in [1.165, 1.54) is 30.3 Å². The van der Waals surface area contributed by atoms with Crippen LogP contribution < -0.4 is 15.8 Å². The zero-order valence-electron chi connectivity index (χ0n) is 17.3. The molecule has 11 heteroatoms. The molecule has 0 bridgehead atoms. The fourth-order valence-electron chi connectivity index (χ4n) is 3.01. The number of primary amides is 1. The first-order chi connectivity index (χ1) is 15.6. The molecule has 0 saturated heterocycles. The van der Waals surface area contributed by atoms with E-state index in [9.17, 15) is 26.8 Å². The second-order valence-electron chi connectivity index (χ2n) is 6.84. The van der Waals surface area contributed by atoms with Gasteiger partial charge in [-0.15, -0.1) is 0 Å². The van der Waals surface area contributed by atoms with E-state index in [4.69, 9.17) is 11.0 Å². The maximum absolute atomic E-state index is 12.9. The lowest BCUT2D eigenvalue weighted by Crippen LogP contribution is -2.39. The molecule has 2 rings (SSSR count). The normalized spacial score (nSPS) is 12.6. The van der Waals surface area contributed by atoms with Crippen LogP contribution >= 0.6 is 0 Å². The number of rotatable bonds is 11. The molecule has 2 aromatic carbocycles. The van der Waals surface area contributed by atoms with Gasteiger partial charge in [-0.25, -0.2) is 8.42 Å². The maximum atomic E-state index is 12.9. The van der Waals surface area contributed by atoms with Crippen LogP contribution in [-0.2, 0) is 25.2 Å². The standard InChI is InChI=1S/C22H21F2N3O5S/c23-22(24)32-19-9-5-4-8-16(19)13-33(30,31)14-18(21(29)27-11-10-25)17(20(26)28)12-15-6-2-1-3-7-15/h1-9,12,18,22H,11,13-14H2,(H2,26,28)(H,27,29)/t18-/m1/s1. The molecule has 33 heavy (non-hydrogen) atoms. The van der Waals surface area contributed by atoms with Gasteiger partial charge in [0.25, 0.3) is 0 Å². The fraction of sp³-hybridized carbons (Fsp3) is 0.227. The maximum Gasteiger partial charge on any atom is 0.387 e. The molecule has 0 fully saturated rings. The lowest BCUT2D eigenvalue weighted by atomic mass is 9.96. The molecule has 0 aromatic heterocycles. The van der Waals surface area contributed by atoms with Crippen molar-refractivity contribution in [2.75, 3.05) is 12.3 Å². The Kier molecular flexibility index (Phi) is 9.06. The van der Waals surface area contributed by atoms with E-state index in [2.05, 4.69) is 10.1 Å². The quantitative estimate of drug-likeness (QED) is 0.375. The molecule has 0 aliphatic heterocycles. The van der Waals surface area contributed by atoms with Crippen LogP contribution in [0.15, 0.2) is 60.2 Å². The van der Waals surface area contributed by atoms with Crippen LogP contribution in [0.25, 0.3) is 6.08 Å². The van der Waals surface area contributed by atoms with E-state index >= 15 is 0 Å². The number of carbonyl (C=O) groups excluding carboxylic acids is 2. The van der Waals surface area contributed by atoms with Crippen LogP contribution in [0.2, 0.25) is 0 Å². The van der Waals surface area contributed by atoms with Crippen molar-refractivity contribution in [3.8, 4) is 11.8 Å². The van der Waals surface area contributed by atoms with E-state index in [1.54, 1.807) is 36.4 Å². The van der Waals surface area contributed by atoms with Gasteiger partial charge in [0, 0.05) is 11.1 Å². The minimum atomic E-state index is -4.15. The number of hydrogen-bond acceptors (Lipinski definition) is 6. The third-order valence-corrected chi connectivity index (χ3v) is 6.02. The number of sulfone groups is 1. The Labute approximate surface area is 189 Å². The van der Waals surface area contributed by atoms with Crippen molar-refractivity contribution in [2.24, 2.45) is 11.7 Å². The average Bonchev–Trinajstić information content (AvgIpc) is 2.76. The summed E-state index contributed by atoms with van der Waals surface area (Å²) in [5.74, 6) is -5.35. The number of carbonyl (C=O) groups is 2. The molecule has 0 spiro atoms. The van der Waals surface area contributed by atoms with E-state index < -0.39 is 52.2 Å². The van der Waals surface area contributed by atoms with Crippen LogP contribution in [0.5, 0.6) is 5.75 Å². The summed E-state index contributed by atoms with van der Waals surface area (Å²) < 4.78 is 55.6. The number of ether oxygens (including phenoxy) is 1. The minimum Gasteiger partial charge on any atom is -0.435 e. The Morgan fingerprint density at radius 3 is 2.36 bits per heavy atom. The molecular weight excluding hydrogens is 456 g/mol. The molecule has 0 unspecified atom stereocenters. The van der Waals surface area contributed by atoms with E-state index in [1.807, 2.05) is 0 Å². The highest BCUT2D eigenvalue weighted by atomic mass is 32.2. The first-order valence-electron chi connectivity index (χ1n) is 9.57. The van der Waals surface area contributed by atoms with Crippen molar-refractivity contribution in [1.29, 1.82) is 5.26 Å². The van der Waals surface area contributed by atoms with Crippen LogP contribution in [0.3, 0.4) is 0 Å². The van der Waals surface area contributed by atoms with Crippen molar-refractivity contribution >= 4 is 27.7 Å². The number of nitrogens with zero attached hydrogens (tertiary/aromatic N) is 1. The molecule has 0 aliphatic carbocycles. The summed E-state index contributed by atoms with van der Waals surface area (Å²) in [5.41, 5.74) is 5.63. The average molecular weight is 477 g/mol. The summed E-state index contributed by atoms with van der Waals surface area (Å²) in [6.07, 6.45) is 1.29. The molecular formula is C22H21F2N3O5S. The Hall–Kier alpha value is -3.78. The van der Waals surface area contributed by atoms with Crippen LogP contribution in [0.4, 0.5) is 8.78 Å². The Bertz CT molecular complexity index is 1160. The first kappa shape index (κ1) is 25.5. The van der Waals surface area contributed by atoms with Gasteiger partial charge >= 0.3 is 6.61 Å². The molecule has 0 radical (unpaired) electrons. The predicted octanol–water partition coefficient (Wildman–Crippen LogP) is 2.03. The van der Waals surface area contributed by atoms with Gasteiger partial charge in [-0.3, -0.25) is 9.59 Å². The van der Waals surface area contributed by atoms with Gasteiger partial charge in [-0.05, 0) is 17.7 Å².